The van der Waals surface area contributed by atoms with Crippen molar-refractivity contribution in [2.45, 2.75) is 131 Å². The maximum atomic E-state index is 12.1. The fraction of sp³-hybridized carbons (Fsp3) is 0.935. The topological polar surface area (TPSA) is 63.6 Å². The van der Waals surface area contributed by atoms with Crippen molar-refractivity contribution in [2.24, 2.45) is 52.3 Å². The lowest BCUT2D eigenvalue weighted by atomic mass is 9.44. The van der Waals surface area contributed by atoms with Gasteiger partial charge in [-0.1, -0.05) is 53.9 Å². The molecular weight excluding hydrogens is 436 g/mol. The van der Waals surface area contributed by atoms with Crippen LogP contribution >= 0.6 is 0 Å². The van der Waals surface area contributed by atoms with E-state index in [0.717, 1.165) is 54.8 Å². The van der Waals surface area contributed by atoms with Gasteiger partial charge in [-0.15, -0.1) is 0 Å². The van der Waals surface area contributed by atoms with E-state index in [1.54, 1.807) is 0 Å². The SMILES string of the molecule is CC(C)CCC[C@@H](C)[C@H]1CCC2C3CCC4CC(OC(=O)CCC(=O)O)CC[C@]4(C)C3CC[C@@]21C. The summed E-state index contributed by atoms with van der Waals surface area (Å²) in [7, 11) is 0. The highest BCUT2D eigenvalue weighted by atomic mass is 16.5. The molecule has 4 heteroatoms. The van der Waals surface area contributed by atoms with Gasteiger partial charge in [0.05, 0.1) is 12.8 Å². The first-order valence-corrected chi connectivity index (χ1v) is 15.0. The number of aliphatic carboxylic acids is 1. The largest absolute Gasteiger partial charge is 0.481 e. The normalized spacial score (nSPS) is 41.5. The zero-order chi connectivity index (χ0) is 25.4. The quantitative estimate of drug-likeness (QED) is 0.335. The highest BCUT2D eigenvalue weighted by Crippen LogP contribution is 2.68. The van der Waals surface area contributed by atoms with Crippen molar-refractivity contribution in [3.63, 3.8) is 0 Å². The van der Waals surface area contributed by atoms with Crippen molar-refractivity contribution in [3.8, 4) is 0 Å². The van der Waals surface area contributed by atoms with Crippen LogP contribution in [0.4, 0.5) is 0 Å². The molecule has 0 spiro atoms. The van der Waals surface area contributed by atoms with Crippen LogP contribution in [0.25, 0.3) is 0 Å². The van der Waals surface area contributed by atoms with Crippen molar-refractivity contribution in [2.75, 3.05) is 0 Å². The molecule has 4 rings (SSSR count). The second-order valence-corrected chi connectivity index (χ2v) is 14.0. The maximum absolute atomic E-state index is 12.1. The third-order valence-corrected chi connectivity index (χ3v) is 11.7. The second kappa shape index (κ2) is 10.7. The molecule has 0 saturated heterocycles. The standard InChI is InChI=1S/C31H52O4/c1-20(2)7-6-8-21(3)25-11-12-26-24-10-9-22-19-23(35-29(34)14-13-28(32)33)15-17-30(22,4)27(24)16-18-31(25,26)5/h20-27H,6-19H2,1-5H3,(H,32,33)/t21-,22?,23?,24?,25-,26?,27?,30+,31-/m1/s1. The van der Waals surface area contributed by atoms with Crippen molar-refractivity contribution in [3.05, 3.63) is 0 Å². The van der Waals surface area contributed by atoms with Crippen LogP contribution in [0, 0.1) is 52.3 Å². The Morgan fingerprint density at radius 3 is 2.31 bits per heavy atom. The summed E-state index contributed by atoms with van der Waals surface area (Å²) >= 11 is 0. The van der Waals surface area contributed by atoms with Crippen molar-refractivity contribution in [1.29, 1.82) is 0 Å². The maximum Gasteiger partial charge on any atom is 0.306 e. The first-order valence-electron chi connectivity index (χ1n) is 15.0. The number of carbonyl (C=O) groups is 2. The number of hydrogen-bond acceptors (Lipinski definition) is 3. The minimum Gasteiger partial charge on any atom is -0.481 e. The fourth-order valence-corrected chi connectivity index (χ4v) is 9.80. The van der Waals surface area contributed by atoms with Gasteiger partial charge in [-0.2, -0.15) is 0 Å². The van der Waals surface area contributed by atoms with E-state index in [-0.39, 0.29) is 24.9 Å². The van der Waals surface area contributed by atoms with Crippen LogP contribution in [0.15, 0.2) is 0 Å². The lowest BCUT2D eigenvalue weighted by Crippen LogP contribution is -2.54. The van der Waals surface area contributed by atoms with Gasteiger partial charge in [-0.25, -0.2) is 0 Å². The Balaban J connectivity index is 1.37. The molecule has 9 atom stereocenters. The van der Waals surface area contributed by atoms with Crippen molar-refractivity contribution >= 4 is 11.9 Å². The van der Waals surface area contributed by atoms with Crippen LogP contribution in [0.2, 0.25) is 0 Å². The van der Waals surface area contributed by atoms with Crippen LogP contribution in [0.3, 0.4) is 0 Å². The molecule has 4 aliphatic rings. The highest BCUT2D eigenvalue weighted by Gasteiger charge is 2.60. The number of carboxylic acid groups (broad SMARTS) is 1. The zero-order valence-corrected chi connectivity index (χ0v) is 23.2. The predicted octanol–water partition coefficient (Wildman–Crippen LogP) is 7.88. The molecule has 0 aromatic heterocycles. The van der Waals surface area contributed by atoms with E-state index < -0.39 is 5.97 Å². The van der Waals surface area contributed by atoms with E-state index >= 15 is 0 Å². The minimum absolute atomic E-state index is 0.00418. The molecule has 0 aromatic rings. The number of rotatable bonds is 9. The molecule has 4 aliphatic carbocycles. The first kappa shape index (κ1) is 27.0. The minimum atomic E-state index is -0.931. The van der Waals surface area contributed by atoms with E-state index in [1.165, 1.54) is 57.8 Å². The van der Waals surface area contributed by atoms with Crippen LogP contribution in [-0.4, -0.2) is 23.1 Å². The van der Waals surface area contributed by atoms with Gasteiger partial charge in [0.25, 0.3) is 0 Å². The summed E-state index contributed by atoms with van der Waals surface area (Å²) in [5.41, 5.74) is 0.924. The lowest BCUT2D eigenvalue weighted by Gasteiger charge is -2.61. The van der Waals surface area contributed by atoms with Crippen molar-refractivity contribution < 1.29 is 19.4 Å². The summed E-state index contributed by atoms with van der Waals surface area (Å²) < 4.78 is 5.74. The summed E-state index contributed by atoms with van der Waals surface area (Å²) in [5, 5.41) is 8.85. The van der Waals surface area contributed by atoms with E-state index in [9.17, 15) is 9.59 Å². The first-order chi connectivity index (χ1) is 16.5. The lowest BCUT2D eigenvalue weighted by molar-refractivity contribution is -0.164. The van der Waals surface area contributed by atoms with Gasteiger partial charge < -0.3 is 9.84 Å². The molecule has 0 heterocycles. The number of esters is 1. The van der Waals surface area contributed by atoms with E-state index in [4.69, 9.17) is 9.84 Å². The molecule has 0 aromatic carbocycles. The molecule has 0 bridgehead atoms. The van der Waals surface area contributed by atoms with Gasteiger partial charge in [-0.3, -0.25) is 9.59 Å². The highest BCUT2D eigenvalue weighted by molar-refractivity contribution is 5.76. The van der Waals surface area contributed by atoms with Gasteiger partial charge in [0, 0.05) is 0 Å². The Labute approximate surface area is 214 Å². The molecular formula is C31H52O4. The third-order valence-electron chi connectivity index (χ3n) is 11.7. The van der Waals surface area contributed by atoms with Gasteiger partial charge in [-0.05, 0) is 110 Å². The van der Waals surface area contributed by atoms with Crippen molar-refractivity contribution in [1.82, 2.24) is 0 Å². The van der Waals surface area contributed by atoms with Crippen LogP contribution in [-0.2, 0) is 14.3 Å². The molecule has 4 fully saturated rings. The number of ether oxygens (including phenoxy) is 1. The van der Waals surface area contributed by atoms with Crippen LogP contribution in [0.1, 0.15) is 125 Å². The van der Waals surface area contributed by atoms with Gasteiger partial charge in [0.15, 0.2) is 0 Å². The van der Waals surface area contributed by atoms with E-state index in [2.05, 4.69) is 34.6 Å². The Morgan fingerprint density at radius 1 is 0.886 bits per heavy atom. The third kappa shape index (κ3) is 5.47. The molecule has 5 unspecified atom stereocenters. The van der Waals surface area contributed by atoms with Gasteiger partial charge >= 0.3 is 11.9 Å². The predicted molar refractivity (Wildman–Crippen MR) is 140 cm³/mol. The second-order valence-electron chi connectivity index (χ2n) is 14.0. The smallest absolute Gasteiger partial charge is 0.306 e. The average Bonchev–Trinajstić information content (AvgIpc) is 3.15. The zero-order valence-electron chi connectivity index (χ0n) is 23.2. The fourth-order valence-electron chi connectivity index (χ4n) is 9.80. The summed E-state index contributed by atoms with van der Waals surface area (Å²) in [6, 6.07) is 0. The monoisotopic (exact) mass is 488 g/mol. The number of fused-ring (bicyclic) bond motifs is 5. The average molecular weight is 489 g/mol. The molecule has 0 radical (unpaired) electrons. The summed E-state index contributed by atoms with van der Waals surface area (Å²) in [5.74, 6) is 4.60. The molecule has 4 nitrogen and oxygen atoms in total. The van der Waals surface area contributed by atoms with E-state index in [0.29, 0.717) is 16.7 Å². The van der Waals surface area contributed by atoms with E-state index in [1.807, 2.05) is 0 Å². The Bertz CT molecular complexity index is 761. The molecule has 0 amide bonds. The number of hydrogen-bond donors (Lipinski definition) is 1. The van der Waals surface area contributed by atoms with Gasteiger partial charge in [0.2, 0.25) is 0 Å². The Kier molecular flexibility index (Phi) is 8.28. The summed E-state index contributed by atoms with van der Waals surface area (Å²) in [6.07, 6.45) is 15.5. The molecule has 1 N–H and O–H groups in total. The van der Waals surface area contributed by atoms with Gasteiger partial charge in [0.1, 0.15) is 6.10 Å². The molecule has 35 heavy (non-hydrogen) atoms. The summed E-state index contributed by atoms with van der Waals surface area (Å²) in [4.78, 5) is 22.9. The number of carbonyl (C=O) groups excluding carboxylic acids is 1. The van der Waals surface area contributed by atoms with Crippen LogP contribution in [0.5, 0.6) is 0 Å². The number of carboxylic acids is 1. The molecule has 4 saturated carbocycles. The summed E-state index contributed by atoms with van der Waals surface area (Å²) in [6.45, 7) is 12.5. The Morgan fingerprint density at radius 2 is 1.60 bits per heavy atom. The Hall–Kier alpha value is -1.06. The molecule has 200 valence electrons. The van der Waals surface area contributed by atoms with Crippen LogP contribution < -0.4 is 0 Å². The molecule has 0 aliphatic heterocycles.